The number of benzene rings is 2. The van der Waals surface area contributed by atoms with E-state index in [4.69, 9.17) is 0 Å². The molecule has 3 rings (SSSR count). The molecule has 0 aliphatic heterocycles. The number of hydrogen-bond donors (Lipinski definition) is 1. The van der Waals surface area contributed by atoms with Crippen LogP contribution in [0.4, 0.5) is 13.2 Å². The smallest absolute Gasteiger partial charge is 0.334 e. The van der Waals surface area contributed by atoms with Gasteiger partial charge >= 0.3 is 6.18 Å². The number of hydrogen-bond acceptors (Lipinski definition) is 5. The van der Waals surface area contributed by atoms with Gasteiger partial charge in [0.25, 0.3) is 5.91 Å². The van der Waals surface area contributed by atoms with Crippen LogP contribution in [0.15, 0.2) is 42.5 Å². The minimum Gasteiger partial charge on any atom is -0.334 e. The second-order valence-corrected chi connectivity index (χ2v) is 9.20. The molecule has 1 aromatic heterocycles. The molecule has 0 unspecified atom stereocenters. The van der Waals surface area contributed by atoms with Crippen LogP contribution in [-0.4, -0.2) is 31.7 Å². The Hall–Kier alpha value is -3.74. The third kappa shape index (κ3) is 5.37. The third-order valence-corrected chi connectivity index (χ3v) is 4.82. The quantitative estimate of drug-likeness (QED) is 0.615. The van der Waals surface area contributed by atoms with Gasteiger partial charge in [0.05, 0.1) is 17.3 Å². The summed E-state index contributed by atoms with van der Waals surface area (Å²) in [5, 5.41) is 23.8. The fourth-order valence-electron chi connectivity index (χ4n) is 3.10. The highest BCUT2D eigenvalue weighted by Crippen LogP contribution is 2.32. The van der Waals surface area contributed by atoms with E-state index in [1.54, 1.807) is 32.0 Å². The summed E-state index contributed by atoms with van der Waals surface area (Å²) >= 11 is 0. The van der Waals surface area contributed by atoms with Crippen molar-refractivity contribution in [3.63, 3.8) is 0 Å². The molecule has 0 atom stereocenters. The summed E-state index contributed by atoms with van der Waals surface area (Å²) in [6.07, 6.45) is -4.46. The van der Waals surface area contributed by atoms with Crippen LogP contribution < -0.4 is 5.32 Å². The van der Waals surface area contributed by atoms with E-state index in [1.807, 2.05) is 26.8 Å². The Bertz CT molecular complexity index is 1210. The molecule has 33 heavy (non-hydrogen) atoms. The average Bonchev–Trinajstić information content (AvgIpc) is 3.23. The number of tetrazole rings is 1. The van der Waals surface area contributed by atoms with Gasteiger partial charge < -0.3 is 5.32 Å². The number of nitrogens with one attached hydrogen (secondary N) is 1. The topological polar surface area (TPSA) is 96.5 Å². The molecular weight excluding hydrogens is 433 g/mol. The SMILES string of the molecule is CC(C)(C#N)NC(=O)c1cc(-c2ccc(C(F)(F)F)cc2)cc(-n2nnnc2C(C)(C)C)c1. The number of nitriles is 1. The molecule has 0 spiro atoms. The van der Waals surface area contributed by atoms with Crippen LogP contribution in [0, 0.1) is 11.3 Å². The minimum absolute atomic E-state index is 0.209. The first-order valence-corrected chi connectivity index (χ1v) is 10.1. The molecule has 0 aliphatic rings. The predicted molar refractivity (Wildman–Crippen MR) is 115 cm³/mol. The molecule has 172 valence electrons. The lowest BCUT2D eigenvalue weighted by atomic mass is 9.95. The molecule has 0 radical (unpaired) electrons. The second kappa shape index (κ2) is 8.31. The molecule has 1 heterocycles. The van der Waals surface area contributed by atoms with Gasteiger partial charge in [0, 0.05) is 11.0 Å². The van der Waals surface area contributed by atoms with Gasteiger partial charge in [-0.25, -0.2) is 0 Å². The first-order valence-electron chi connectivity index (χ1n) is 10.1. The molecule has 2 aromatic carbocycles. The van der Waals surface area contributed by atoms with Crippen molar-refractivity contribution in [2.45, 2.75) is 51.7 Å². The zero-order valence-corrected chi connectivity index (χ0v) is 18.8. The summed E-state index contributed by atoms with van der Waals surface area (Å²) in [4.78, 5) is 12.9. The largest absolute Gasteiger partial charge is 0.416 e. The maximum Gasteiger partial charge on any atom is 0.416 e. The highest BCUT2D eigenvalue weighted by Gasteiger charge is 2.30. The number of carbonyl (C=O) groups excluding carboxylic acids is 1. The first-order chi connectivity index (χ1) is 15.2. The molecule has 1 N–H and O–H groups in total. The predicted octanol–water partition coefficient (Wildman–Crippen LogP) is 4.68. The Labute approximate surface area is 189 Å². The second-order valence-electron chi connectivity index (χ2n) is 9.20. The van der Waals surface area contributed by atoms with E-state index < -0.39 is 28.6 Å². The lowest BCUT2D eigenvalue weighted by Crippen LogP contribution is -2.42. The molecular formula is C23H23F3N6O. The van der Waals surface area contributed by atoms with Crippen molar-refractivity contribution in [1.82, 2.24) is 25.5 Å². The van der Waals surface area contributed by atoms with E-state index in [1.165, 1.54) is 16.8 Å². The standard InChI is InChI=1S/C23H23F3N6O/c1-21(2,3)20-29-30-31-32(20)18-11-15(14-6-8-17(9-7-14)23(24,25)26)10-16(12-18)19(33)28-22(4,5)13-27/h6-12H,1-5H3,(H,28,33). The maximum atomic E-state index is 13.0. The van der Waals surface area contributed by atoms with Crippen LogP contribution in [0.1, 0.15) is 56.4 Å². The molecule has 0 saturated carbocycles. The number of rotatable bonds is 4. The number of halogens is 3. The van der Waals surface area contributed by atoms with Crippen LogP contribution in [-0.2, 0) is 11.6 Å². The minimum atomic E-state index is -4.46. The van der Waals surface area contributed by atoms with Gasteiger partial charge in [-0.15, -0.1) is 5.10 Å². The Morgan fingerprint density at radius 1 is 1.00 bits per heavy atom. The summed E-state index contributed by atoms with van der Waals surface area (Å²) in [6.45, 7) is 8.91. The fourth-order valence-corrected chi connectivity index (χ4v) is 3.10. The number of carbonyl (C=O) groups is 1. The van der Waals surface area contributed by atoms with Crippen molar-refractivity contribution in [1.29, 1.82) is 5.26 Å². The van der Waals surface area contributed by atoms with E-state index in [2.05, 4.69) is 20.8 Å². The zero-order valence-electron chi connectivity index (χ0n) is 18.8. The molecule has 0 saturated heterocycles. The van der Waals surface area contributed by atoms with Gasteiger partial charge in [0.2, 0.25) is 0 Å². The highest BCUT2D eigenvalue weighted by molar-refractivity contribution is 5.97. The number of aromatic nitrogens is 4. The lowest BCUT2D eigenvalue weighted by Gasteiger charge is -2.20. The fraction of sp³-hybridized carbons (Fsp3) is 0.348. The van der Waals surface area contributed by atoms with Gasteiger partial charge in [-0.3, -0.25) is 4.79 Å². The normalized spacial score (nSPS) is 12.3. The van der Waals surface area contributed by atoms with Crippen molar-refractivity contribution in [3.8, 4) is 22.9 Å². The van der Waals surface area contributed by atoms with E-state index in [0.717, 1.165) is 12.1 Å². The Morgan fingerprint density at radius 3 is 2.18 bits per heavy atom. The van der Waals surface area contributed by atoms with Gasteiger partial charge in [-0.2, -0.15) is 23.1 Å². The Kier molecular flexibility index (Phi) is 6.02. The van der Waals surface area contributed by atoms with E-state index in [9.17, 15) is 23.2 Å². The number of alkyl halides is 3. The molecule has 7 nitrogen and oxygen atoms in total. The molecule has 3 aromatic rings. The average molecular weight is 456 g/mol. The van der Waals surface area contributed by atoms with Gasteiger partial charge in [0.15, 0.2) is 5.82 Å². The first kappa shape index (κ1) is 23.9. The molecule has 0 fully saturated rings. The summed E-state index contributed by atoms with van der Waals surface area (Å²) in [5.74, 6) is 0.0257. The van der Waals surface area contributed by atoms with Crippen molar-refractivity contribution in [3.05, 3.63) is 59.4 Å². The van der Waals surface area contributed by atoms with E-state index in [0.29, 0.717) is 22.6 Å². The Morgan fingerprint density at radius 2 is 1.64 bits per heavy atom. The van der Waals surface area contributed by atoms with Gasteiger partial charge in [0.1, 0.15) is 5.54 Å². The van der Waals surface area contributed by atoms with Crippen molar-refractivity contribution in [2.75, 3.05) is 0 Å². The molecule has 10 heteroatoms. The van der Waals surface area contributed by atoms with Crippen LogP contribution in [0.25, 0.3) is 16.8 Å². The van der Waals surface area contributed by atoms with Crippen LogP contribution in [0.5, 0.6) is 0 Å². The van der Waals surface area contributed by atoms with Gasteiger partial charge in [-0.05, 0) is 65.7 Å². The molecule has 0 aliphatic carbocycles. The highest BCUT2D eigenvalue weighted by atomic mass is 19.4. The Balaban J connectivity index is 2.16. The van der Waals surface area contributed by atoms with Gasteiger partial charge in [-0.1, -0.05) is 32.9 Å². The van der Waals surface area contributed by atoms with Crippen LogP contribution in [0.2, 0.25) is 0 Å². The maximum absolute atomic E-state index is 13.0. The molecule has 1 amide bonds. The van der Waals surface area contributed by atoms with Crippen molar-refractivity contribution < 1.29 is 18.0 Å². The third-order valence-electron chi connectivity index (χ3n) is 4.82. The summed E-state index contributed by atoms with van der Waals surface area (Å²) < 4.78 is 40.4. The summed E-state index contributed by atoms with van der Waals surface area (Å²) in [5.41, 5.74) is -0.665. The number of nitrogens with zero attached hydrogens (tertiary/aromatic N) is 5. The van der Waals surface area contributed by atoms with E-state index >= 15 is 0 Å². The summed E-state index contributed by atoms with van der Waals surface area (Å²) in [6, 6.07) is 11.5. The van der Waals surface area contributed by atoms with Crippen molar-refractivity contribution >= 4 is 5.91 Å². The van der Waals surface area contributed by atoms with Crippen LogP contribution >= 0.6 is 0 Å². The number of amides is 1. The van der Waals surface area contributed by atoms with E-state index in [-0.39, 0.29) is 5.56 Å². The van der Waals surface area contributed by atoms with Crippen LogP contribution in [0.3, 0.4) is 0 Å². The zero-order chi connectivity index (χ0) is 24.6. The summed E-state index contributed by atoms with van der Waals surface area (Å²) in [7, 11) is 0. The monoisotopic (exact) mass is 456 g/mol. The molecule has 0 bridgehead atoms. The van der Waals surface area contributed by atoms with Crippen molar-refractivity contribution in [2.24, 2.45) is 0 Å². The lowest BCUT2D eigenvalue weighted by molar-refractivity contribution is -0.137.